The maximum Gasteiger partial charge on any atom is 0.326 e. The van der Waals surface area contributed by atoms with Crippen LogP contribution in [-0.4, -0.2) is 38.4 Å². The molecule has 3 heterocycles. The van der Waals surface area contributed by atoms with Crippen LogP contribution < -0.4 is 5.69 Å². The lowest BCUT2D eigenvalue weighted by Crippen LogP contribution is -2.39. The maximum atomic E-state index is 12.9. The van der Waals surface area contributed by atoms with E-state index in [0.29, 0.717) is 23.5 Å². The molecule has 25 heavy (non-hydrogen) atoms. The Bertz CT molecular complexity index is 974. The molecule has 1 fully saturated rings. The van der Waals surface area contributed by atoms with Crippen LogP contribution in [0, 0.1) is 0 Å². The highest BCUT2D eigenvalue weighted by Crippen LogP contribution is 2.27. The Morgan fingerprint density at radius 3 is 3.00 bits per heavy atom. The van der Waals surface area contributed by atoms with Gasteiger partial charge in [-0.3, -0.25) is 14.3 Å². The molecule has 6 heteroatoms. The standard InChI is InChI=1S/C19H20N4O2/c1-22-17-7-6-13(10-16(17)21-19(22)25)18(24)23-9-3-5-15(12-23)14-4-2-8-20-11-14/h2,4,6-8,10-11,15H,3,5,9,12H2,1H3,(H,21,25). The van der Waals surface area contributed by atoms with Gasteiger partial charge in [-0.1, -0.05) is 6.07 Å². The summed E-state index contributed by atoms with van der Waals surface area (Å²) in [5.74, 6) is 0.340. The van der Waals surface area contributed by atoms with Crippen molar-refractivity contribution < 1.29 is 4.79 Å². The molecule has 0 saturated carbocycles. The zero-order chi connectivity index (χ0) is 17.4. The number of rotatable bonds is 2. The van der Waals surface area contributed by atoms with Gasteiger partial charge in [0.15, 0.2) is 0 Å². The van der Waals surface area contributed by atoms with E-state index >= 15 is 0 Å². The van der Waals surface area contributed by atoms with E-state index in [9.17, 15) is 9.59 Å². The van der Waals surface area contributed by atoms with Crippen LogP contribution in [0.3, 0.4) is 0 Å². The van der Waals surface area contributed by atoms with E-state index in [0.717, 1.165) is 24.9 Å². The fourth-order valence-electron chi connectivity index (χ4n) is 3.60. The van der Waals surface area contributed by atoms with Gasteiger partial charge in [-0.15, -0.1) is 0 Å². The summed E-state index contributed by atoms with van der Waals surface area (Å²) in [6, 6.07) is 9.41. The zero-order valence-corrected chi connectivity index (χ0v) is 14.1. The molecule has 0 aliphatic carbocycles. The quantitative estimate of drug-likeness (QED) is 0.780. The zero-order valence-electron chi connectivity index (χ0n) is 14.1. The third-order valence-corrected chi connectivity index (χ3v) is 5.02. The van der Waals surface area contributed by atoms with Crippen molar-refractivity contribution in [3.8, 4) is 0 Å². The van der Waals surface area contributed by atoms with E-state index in [1.165, 1.54) is 5.56 Å². The van der Waals surface area contributed by atoms with Crippen LogP contribution in [0.2, 0.25) is 0 Å². The van der Waals surface area contributed by atoms with Crippen LogP contribution >= 0.6 is 0 Å². The number of likely N-dealkylation sites (tertiary alicyclic amines) is 1. The van der Waals surface area contributed by atoms with E-state index in [1.807, 2.05) is 23.2 Å². The van der Waals surface area contributed by atoms with Crippen molar-refractivity contribution in [1.82, 2.24) is 19.4 Å². The fraction of sp³-hybridized carbons (Fsp3) is 0.316. The van der Waals surface area contributed by atoms with Crippen LogP contribution in [0.4, 0.5) is 0 Å². The minimum Gasteiger partial charge on any atom is -0.338 e. The molecule has 1 N–H and O–H groups in total. The number of H-pyrrole nitrogens is 1. The molecule has 3 aromatic rings. The summed E-state index contributed by atoms with van der Waals surface area (Å²) in [5, 5.41) is 0. The number of hydrogen-bond donors (Lipinski definition) is 1. The van der Waals surface area contributed by atoms with Gasteiger partial charge in [-0.05, 0) is 42.7 Å². The fourth-order valence-corrected chi connectivity index (χ4v) is 3.60. The van der Waals surface area contributed by atoms with Gasteiger partial charge in [-0.25, -0.2) is 4.79 Å². The summed E-state index contributed by atoms with van der Waals surface area (Å²) < 4.78 is 1.54. The second kappa shape index (κ2) is 6.20. The Kier molecular flexibility index (Phi) is 3.87. The maximum absolute atomic E-state index is 12.9. The lowest BCUT2D eigenvalue weighted by Gasteiger charge is -2.33. The predicted molar refractivity (Wildman–Crippen MR) is 95.7 cm³/mol. The molecule has 0 bridgehead atoms. The highest BCUT2D eigenvalue weighted by molar-refractivity contribution is 5.97. The molecule has 2 aromatic heterocycles. The first kappa shape index (κ1) is 15.6. The molecule has 1 aliphatic heterocycles. The minimum absolute atomic E-state index is 0.0141. The van der Waals surface area contributed by atoms with Crippen LogP contribution in [0.1, 0.15) is 34.7 Å². The Hall–Kier alpha value is -2.89. The summed E-state index contributed by atoms with van der Waals surface area (Å²) in [5.41, 5.74) is 3.12. The first-order valence-corrected chi connectivity index (χ1v) is 8.51. The van der Waals surface area contributed by atoms with Gasteiger partial charge in [0.1, 0.15) is 0 Å². The number of hydrogen-bond acceptors (Lipinski definition) is 3. The van der Waals surface area contributed by atoms with Gasteiger partial charge in [0.2, 0.25) is 0 Å². The smallest absolute Gasteiger partial charge is 0.326 e. The van der Waals surface area contributed by atoms with Crippen LogP contribution in [0.25, 0.3) is 11.0 Å². The summed E-state index contributed by atoms with van der Waals surface area (Å²) in [7, 11) is 1.71. The number of carbonyl (C=O) groups excluding carboxylic acids is 1. The Morgan fingerprint density at radius 2 is 2.20 bits per heavy atom. The third kappa shape index (κ3) is 2.84. The normalized spacial score (nSPS) is 17.8. The van der Waals surface area contributed by atoms with Crippen LogP contribution in [-0.2, 0) is 7.05 Å². The Morgan fingerprint density at radius 1 is 1.32 bits per heavy atom. The predicted octanol–water partition coefficient (Wildman–Crippen LogP) is 2.28. The van der Waals surface area contributed by atoms with Gasteiger partial charge in [0, 0.05) is 44.0 Å². The SMILES string of the molecule is Cn1c(=O)[nH]c2cc(C(=O)N3CCCC(c4cccnc4)C3)ccc21. The molecule has 1 aromatic carbocycles. The molecular weight excluding hydrogens is 316 g/mol. The van der Waals surface area contributed by atoms with Gasteiger partial charge in [0.25, 0.3) is 5.91 Å². The molecule has 0 radical (unpaired) electrons. The van der Waals surface area contributed by atoms with Crippen molar-refractivity contribution in [1.29, 1.82) is 0 Å². The number of piperidine rings is 1. The van der Waals surface area contributed by atoms with Crippen molar-refractivity contribution in [2.75, 3.05) is 13.1 Å². The van der Waals surface area contributed by atoms with Gasteiger partial charge in [-0.2, -0.15) is 0 Å². The Labute approximate surface area is 145 Å². The average molecular weight is 336 g/mol. The highest BCUT2D eigenvalue weighted by Gasteiger charge is 2.25. The summed E-state index contributed by atoms with van der Waals surface area (Å²) in [6.07, 6.45) is 5.71. The summed E-state index contributed by atoms with van der Waals surface area (Å²) in [6.45, 7) is 1.47. The third-order valence-electron chi connectivity index (χ3n) is 5.02. The average Bonchev–Trinajstić information content (AvgIpc) is 2.95. The number of imidazole rings is 1. The number of carbonyl (C=O) groups is 1. The molecule has 1 saturated heterocycles. The van der Waals surface area contributed by atoms with Gasteiger partial charge in [0.05, 0.1) is 11.0 Å². The minimum atomic E-state index is -0.172. The molecule has 1 unspecified atom stereocenters. The number of nitrogens with one attached hydrogen (secondary N) is 1. The number of nitrogens with zero attached hydrogens (tertiary/aromatic N) is 3. The summed E-state index contributed by atoms with van der Waals surface area (Å²) >= 11 is 0. The molecule has 0 spiro atoms. The molecule has 6 nitrogen and oxygen atoms in total. The van der Waals surface area contributed by atoms with Crippen molar-refractivity contribution in [3.63, 3.8) is 0 Å². The highest BCUT2D eigenvalue weighted by atomic mass is 16.2. The van der Waals surface area contributed by atoms with Crippen molar-refractivity contribution in [3.05, 3.63) is 64.3 Å². The number of fused-ring (bicyclic) bond motifs is 1. The molecule has 1 atom stereocenters. The van der Waals surface area contributed by atoms with Crippen LogP contribution in [0.5, 0.6) is 0 Å². The molecule has 4 rings (SSSR count). The number of aromatic nitrogens is 3. The van der Waals surface area contributed by atoms with E-state index in [2.05, 4.69) is 16.0 Å². The van der Waals surface area contributed by atoms with Crippen molar-refractivity contribution >= 4 is 16.9 Å². The number of aryl methyl sites for hydroxylation is 1. The summed E-state index contributed by atoms with van der Waals surface area (Å²) in [4.78, 5) is 33.5. The molecular formula is C19H20N4O2. The Balaban J connectivity index is 1.59. The van der Waals surface area contributed by atoms with E-state index in [-0.39, 0.29) is 11.6 Å². The lowest BCUT2D eigenvalue weighted by atomic mass is 9.91. The van der Waals surface area contributed by atoms with Gasteiger partial charge >= 0.3 is 5.69 Å². The van der Waals surface area contributed by atoms with E-state index in [4.69, 9.17) is 0 Å². The number of aromatic amines is 1. The first-order chi connectivity index (χ1) is 12.1. The molecule has 128 valence electrons. The molecule has 1 amide bonds. The van der Waals surface area contributed by atoms with E-state index in [1.54, 1.807) is 29.9 Å². The monoisotopic (exact) mass is 336 g/mol. The first-order valence-electron chi connectivity index (χ1n) is 8.51. The second-order valence-corrected chi connectivity index (χ2v) is 6.60. The number of benzene rings is 1. The number of pyridine rings is 1. The largest absolute Gasteiger partial charge is 0.338 e. The lowest BCUT2D eigenvalue weighted by molar-refractivity contribution is 0.0707. The van der Waals surface area contributed by atoms with Crippen molar-refractivity contribution in [2.45, 2.75) is 18.8 Å². The molecule has 1 aliphatic rings. The van der Waals surface area contributed by atoms with Crippen molar-refractivity contribution in [2.24, 2.45) is 7.05 Å². The van der Waals surface area contributed by atoms with Gasteiger partial charge < -0.3 is 9.88 Å². The van der Waals surface area contributed by atoms with Crippen LogP contribution in [0.15, 0.2) is 47.5 Å². The number of amides is 1. The topological polar surface area (TPSA) is 71.0 Å². The van der Waals surface area contributed by atoms with E-state index < -0.39 is 0 Å². The second-order valence-electron chi connectivity index (χ2n) is 6.60.